The van der Waals surface area contributed by atoms with Crippen molar-refractivity contribution < 1.29 is 27.5 Å². The molecule has 1 spiro atoms. The molecular formula is C36H47N5O6S. The summed E-state index contributed by atoms with van der Waals surface area (Å²) >= 11 is 0. The Hall–Kier alpha value is -4.19. The van der Waals surface area contributed by atoms with Crippen molar-refractivity contribution in [1.82, 2.24) is 14.9 Å². The summed E-state index contributed by atoms with van der Waals surface area (Å²) in [5.74, 6) is 0.0961. The topological polar surface area (TPSA) is 154 Å². The number of ether oxygens (including phenoxy) is 2. The van der Waals surface area contributed by atoms with E-state index in [2.05, 4.69) is 22.2 Å². The van der Waals surface area contributed by atoms with Crippen LogP contribution in [0.25, 0.3) is 11.3 Å². The zero-order valence-electron chi connectivity index (χ0n) is 28.5. The second-order valence-corrected chi connectivity index (χ2v) is 16.5. The maximum Gasteiger partial charge on any atom is 0.410 e. The Morgan fingerprint density at radius 2 is 1.81 bits per heavy atom. The molecule has 2 aliphatic heterocycles. The van der Waals surface area contributed by atoms with Gasteiger partial charge in [0, 0.05) is 18.2 Å². The van der Waals surface area contributed by atoms with Gasteiger partial charge >= 0.3 is 6.09 Å². The van der Waals surface area contributed by atoms with Gasteiger partial charge in [-0.05, 0) is 70.6 Å². The van der Waals surface area contributed by atoms with Crippen molar-refractivity contribution in [3.8, 4) is 17.0 Å². The van der Waals surface area contributed by atoms with Gasteiger partial charge in [-0.25, -0.2) is 23.2 Å². The largest absolute Gasteiger partial charge is 0.491 e. The van der Waals surface area contributed by atoms with E-state index in [9.17, 15) is 18.0 Å². The molecule has 0 radical (unpaired) electrons. The number of nitrogen functional groups attached to an aromatic ring is 1. The first-order valence-electron chi connectivity index (χ1n) is 16.7. The number of hydrogen-bond donors (Lipinski definition) is 2. The molecule has 1 fully saturated rings. The first kappa shape index (κ1) is 35.1. The summed E-state index contributed by atoms with van der Waals surface area (Å²) in [6, 6.07) is 12.0. The van der Waals surface area contributed by atoms with Crippen LogP contribution in [-0.4, -0.2) is 59.3 Å². The number of aromatic nitrogens is 2. The maximum atomic E-state index is 13.7. The summed E-state index contributed by atoms with van der Waals surface area (Å²) < 4.78 is 38.6. The highest BCUT2D eigenvalue weighted by Crippen LogP contribution is 2.51. The van der Waals surface area contributed by atoms with Gasteiger partial charge in [-0.15, -0.1) is 0 Å². The zero-order valence-corrected chi connectivity index (χ0v) is 29.4. The smallest absolute Gasteiger partial charge is 0.410 e. The summed E-state index contributed by atoms with van der Waals surface area (Å²) in [4.78, 5) is 36.9. The van der Waals surface area contributed by atoms with E-state index in [0.29, 0.717) is 64.9 Å². The SMILES string of the molecule is CC1CCCCCCOc2c(CN(C)C(=O)OC(C)(C)C)cccc2NC(=O)c2nc(cnc2N)-c2ccc(cc2)S(=O)(=O)C2(CC2)C1. The number of carbonyl (C=O) groups is 2. The van der Waals surface area contributed by atoms with Gasteiger partial charge in [0.1, 0.15) is 11.4 Å². The number of sulfone groups is 1. The zero-order chi connectivity index (χ0) is 34.7. The lowest BCUT2D eigenvalue weighted by Gasteiger charge is -2.25. The van der Waals surface area contributed by atoms with E-state index in [1.54, 1.807) is 43.4 Å². The second-order valence-electron chi connectivity index (χ2n) is 14.1. The van der Waals surface area contributed by atoms with Crippen LogP contribution in [0.2, 0.25) is 0 Å². The molecule has 3 aliphatic rings. The summed E-state index contributed by atoms with van der Waals surface area (Å²) in [7, 11) is -1.86. The molecule has 1 saturated carbocycles. The van der Waals surface area contributed by atoms with Crippen molar-refractivity contribution in [2.75, 3.05) is 24.7 Å². The van der Waals surface area contributed by atoms with Crippen molar-refractivity contribution in [3.05, 3.63) is 59.9 Å². The summed E-state index contributed by atoms with van der Waals surface area (Å²) in [6.07, 6.45) is 7.67. The minimum Gasteiger partial charge on any atom is -0.491 e. The fourth-order valence-electron chi connectivity index (χ4n) is 6.16. The predicted octanol–water partition coefficient (Wildman–Crippen LogP) is 7.02. The molecule has 12 heteroatoms. The van der Waals surface area contributed by atoms with E-state index in [4.69, 9.17) is 15.2 Å². The van der Waals surface area contributed by atoms with Gasteiger partial charge in [0.15, 0.2) is 21.3 Å². The predicted molar refractivity (Wildman–Crippen MR) is 185 cm³/mol. The molecule has 2 aromatic carbocycles. The first-order valence-corrected chi connectivity index (χ1v) is 18.2. The Bertz CT molecular complexity index is 1750. The molecule has 6 rings (SSSR count). The third-order valence-corrected chi connectivity index (χ3v) is 11.5. The van der Waals surface area contributed by atoms with Gasteiger partial charge in [-0.3, -0.25) is 4.79 Å². The van der Waals surface area contributed by atoms with Gasteiger partial charge < -0.3 is 25.4 Å². The van der Waals surface area contributed by atoms with Crippen LogP contribution in [-0.2, 0) is 21.1 Å². The number of carbonyl (C=O) groups excluding carboxylic acids is 2. The lowest BCUT2D eigenvalue weighted by Crippen LogP contribution is -2.34. The van der Waals surface area contributed by atoms with Gasteiger partial charge in [-0.1, -0.05) is 56.9 Å². The van der Waals surface area contributed by atoms with Crippen LogP contribution in [0.5, 0.6) is 5.75 Å². The summed E-state index contributed by atoms with van der Waals surface area (Å²) in [5.41, 5.74) is 7.48. The number of amides is 2. The average Bonchev–Trinajstić information content (AvgIpc) is 3.81. The Balaban J connectivity index is 1.47. The molecule has 0 saturated heterocycles. The van der Waals surface area contributed by atoms with E-state index < -0.39 is 32.2 Å². The van der Waals surface area contributed by atoms with E-state index in [1.165, 1.54) is 11.1 Å². The molecule has 1 unspecified atom stereocenters. The van der Waals surface area contributed by atoms with E-state index in [1.807, 2.05) is 26.8 Å². The number of para-hydroxylation sites is 1. The summed E-state index contributed by atoms with van der Waals surface area (Å²) in [5, 5.41) is 2.89. The number of nitrogens with one attached hydrogen (secondary N) is 1. The van der Waals surface area contributed by atoms with Crippen LogP contribution in [0, 0.1) is 5.92 Å². The van der Waals surface area contributed by atoms with Crippen molar-refractivity contribution in [2.24, 2.45) is 5.92 Å². The van der Waals surface area contributed by atoms with Gasteiger partial charge in [0.05, 0.1) is 40.4 Å². The molecule has 3 N–H and O–H groups in total. The van der Waals surface area contributed by atoms with Crippen LogP contribution < -0.4 is 15.8 Å². The number of nitrogens with two attached hydrogens (primary N) is 1. The fourth-order valence-corrected chi connectivity index (χ4v) is 8.30. The van der Waals surface area contributed by atoms with Crippen LogP contribution in [0.1, 0.15) is 95.1 Å². The third kappa shape index (κ3) is 8.08. The molecule has 3 aromatic rings. The maximum absolute atomic E-state index is 13.7. The standard InChI is InChI=1S/C36H47N5O6S/c1-24-11-8-6-7-9-20-46-31-26(23-41(5)34(43)47-35(2,3)4)12-10-13-28(31)40-33(42)30-32(37)38-22-29(39-30)25-14-16-27(17-15-25)48(44,45)36(21-24)18-19-36/h10,12-17,22,24H,6-9,11,18-21,23H2,1-5H3,(H2,37,38)(H,40,42). The highest BCUT2D eigenvalue weighted by molar-refractivity contribution is 7.93. The minimum atomic E-state index is -3.51. The Morgan fingerprint density at radius 1 is 1.10 bits per heavy atom. The van der Waals surface area contributed by atoms with Crippen LogP contribution in [0.3, 0.4) is 0 Å². The number of benzene rings is 2. The molecule has 3 heterocycles. The highest BCUT2D eigenvalue weighted by atomic mass is 32.2. The number of rotatable bonds is 2. The number of anilines is 2. The van der Waals surface area contributed by atoms with Crippen LogP contribution in [0.15, 0.2) is 53.6 Å². The van der Waals surface area contributed by atoms with E-state index in [-0.39, 0.29) is 18.1 Å². The van der Waals surface area contributed by atoms with Crippen molar-refractivity contribution in [3.63, 3.8) is 0 Å². The molecule has 2 amide bonds. The first-order chi connectivity index (χ1) is 22.7. The lowest BCUT2D eigenvalue weighted by molar-refractivity contribution is 0.0284. The average molecular weight is 678 g/mol. The van der Waals surface area contributed by atoms with E-state index in [0.717, 1.165) is 32.1 Å². The van der Waals surface area contributed by atoms with Crippen LogP contribution in [0.4, 0.5) is 16.3 Å². The molecule has 1 atom stereocenters. The third-order valence-electron chi connectivity index (χ3n) is 8.87. The molecule has 1 aliphatic carbocycles. The van der Waals surface area contributed by atoms with Gasteiger partial charge in [-0.2, -0.15) is 0 Å². The Morgan fingerprint density at radius 3 is 2.50 bits per heavy atom. The van der Waals surface area contributed by atoms with Crippen molar-refractivity contribution in [1.29, 1.82) is 0 Å². The Labute approximate surface area is 283 Å². The number of nitrogens with zero attached hydrogens (tertiary/aromatic N) is 3. The lowest BCUT2D eigenvalue weighted by atomic mass is 9.97. The monoisotopic (exact) mass is 677 g/mol. The minimum absolute atomic E-state index is 0.0574. The fraction of sp³-hybridized carbons (Fsp3) is 0.500. The Kier molecular flexibility index (Phi) is 10.3. The molecule has 11 nitrogen and oxygen atoms in total. The normalized spacial score (nSPS) is 19.5. The quantitative estimate of drug-likeness (QED) is 0.291. The molecule has 4 bridgehead atoms. The van der Waals surface area contributed by atoms with Crippen LogP contribution >= 0.6 is 0 Å². The van der Waals surface area contributed by atoms with Crippen molar-refractivity contribution in [2.45, 2.75) is 101 Å². The molecule has 1 aromatic heterocycles. The second kappa shape index (κ2) is 14.1. The molecular weight excluding hydrogens is 630 g/mol. The van der Waals surface area contributed by atoms with Gasteiger partial charge in [0.2, 0.25) is 0 Å². The van der Waals surface area contributed by atoms with Crippen molar-refractivity contribution >= 4 is 33.3 Å². The summed E-state index contributed by atoms with van der Waals surface area (Å²) in [6.45, 7) is 8.18. The van der Waals surface area contributed by atoms with Gasteiger partial charge in [0.25, 0.3) is 5.91 Å². The highest BCUT2D eigenvalue weighted by Gasteiger charge is 2.55. The molecule has 48 heavy (non-hydrogen) atoms. The number of fused-ring (bicyclic) bond motifs is 11. The molecule has 258 valence electrons. The van der Waals surface area contributed by atoms with E-state index >= 15 is 0 Å². The number of hydrogen-bond acceptors (Lipinski definition) is 9.